The third-order valence-electron chi connectivity index (χ3n) is 1.21. The lowest BCUT2D eigenvalue weighted by molar-refractivity contribution is 0.899. The third kappa shape index (κ3) is 2.80. The first-order valence-corrected chi connectivity index (χ1v) is 3.41. The smallest absolute Gasteiger partial charge is 0.115 e. The first-order valence-electron chi connectivity index (χ1n) is 3.41. The minimum absolute atomic E-state index is 1.10. The van der Waals surface area contributed by atoms with Gasteiger partial charge < -0.3 is 4.57 Å². The molecule has 0 spiro atoms. The summed E-state index contributed by atoms with van der Waals surface area (Å²) in [7, 11) is 1.95. The predicted molar refractivity (Wildman–Crippen MR) is 43.4 cm³/mol. The molecule has 1 aromatic heterocycles. The van der Waals surface area contributed by atoms with Crippen molar-refractivity contribution in [1.82, 2.24) is 14.5 Å². The second kappa shape index (κ2) is 3.71. The van der Waals surface area contributed by atoms with Crippen molar-refractivity contribution in [2.45, 2.75) is 6.92 Å². The minimum atomic E-state index is 1.10. The van der Waals surface area contributed by atoms with Gasteiger partial charge in [-0.2, -0.15) is 0 Å². The van der Waals surface area contributed by atoms with Crippen LogP contribution in [0.1, 0.15) is 5.56 Å². The maximum absolute atomic E-state index is 3.94. The Morgan fingerprint density at radius 1 is 1.36 bits per heavy atom. The molecule has 0 aliphatic rings. The summed E-state index contributed by atoms with van der Waals surface area (Å²) in [6.07, 6.45) is 8.84. The van der Waals surface area contributed by atoms with Crippen LogP contribution in [0.4, 0.5) is 0 Å². The van der Waals surface area contributed by atoms with E-state index in [2.05, 4.69) is 9.97 Å². The van der Waals surface area contributed by atoms with Crippen molar-refractivity contribution in [3.05, 3.63) is 36.7 Å². The molecule has 0 aliphatic carbocycles. The van der Waals surface area contributed by atoms with Gasteiger partial charge in [-0.15, -0.1) is 0 Å². The highest BCUT2D eigenvalue weighted by molar-refractivity contribution is 4.97. The molecule has 11 heavy (non-hydrogen) atoms. The van der Waals surface area contributed by atoms with Crippen molar-refractivity contribution < 1.29 is 0 Å². The monoisotopic (exact) mass is 149 g/mol. The van der Waals surface area contributed by atoms with Crippen LogP contribution in [0.5, 0.6) is 0 Å². The number of nitrogens with zero attached hydrogens (tertiary/aromatic N) is 3. The summed E-state index contributed by atoms with van der Waals surface area (Å²) in [5.74, 6) is 0. The molecule has 0 saturated heterocycles. The van der Waals surface area contributed by atoms with Gasteiger partial charge in [0.15, 0.2) is 0 Å². The lowest BCUT2D eigenvalue weighted by Gasteiger charge is -1.90. The SMILES string of the molecule is Cc1cncnccn(C)c1. The summed E-state index contributed by atoms with van der Waals surface area (Å²) in [6.45, 7) is 1.99. The standard InChI is InChI=1S/C8H11N3/c1-8-5-10-7-9-3-4-11(2)6-8/h3-7H,1-2H3. The number of aryl methyl sites for hydroxylation is 2. The number of rotatable bonds is 0. The van der Waals surface area contributed by atoms with Gasteiger partial charge in [0.2, 0.25) is 0 Å². The molecule has 3 heteroatoms. The molecule has 1 heterocycles. The fraction of sp³-hybridized carbons (Fsp3) is 0.250. The van der Waals surface area contributed by atoms with E-state index in [1.807, 2.05) is 30.9 Å². The molecule has 0 saturated carbocycles. The second-order valence-corrected chi connectivity index (χ2v) is 2.38. The van der Waals surface area contributed by atoms with Crippen LogP contribution in [-0.4, -0.2) is 14.5 Å². The van der Waals surface area contributed by atoms with Gasteiger partial charge in [-0.25, -0.2) is 9.97 Å². The normalized spacial score (nSPS) is 8.91. The molecule has 0 unspecified atom stereocenters. The van der Waals surface area contributed by atoms with Gasteiger partial charge in [0.05, 0.1) is 0 Å². The zero-order valence-corrected chi connectivity index (χ0v) is 6.73. The Morgan fingerprint density at radius 3 is 3.00 bits per heavy atom. The Labute approximate surface area is 66.1 Å². The van der Waals surface area contributed by atoms with Gasteiger partial charge in [0, 0.05) is 31.8 Å². The first-order chi connectivity index (χ1) is 5.29. The molecule has 0 bridgehead atoms. The van der Waals surface area contributed by atoms with Crippen LogP contribution in [-0.2, 0) is 7.05 Å². The van der Waals surface area contributed by atoms with E-state index in [0.717, 1.165) is 5.56 Å². The minimum Gasteiger partial charge on any atom is -0.355 e. The molecule has 58 valence electrons. The van der Waals surface area contributed by atoms with E-state index in [1.165, 1.54) is 6.33 Å². The van der Waals surface area contributed by atoms with E-state index in [-0.39, 0.29) is 0 Å². The average molecular weight is 149 g/mol. The van der Waals surface area contributed by atoms with Gasteiger partial charge in [-0.1, -0.05) is 0 Å². The number of hydrogen-bond acceptors (Lipinski definition) is 2. The molecule has 1 rings (SSSR count). The Bertz CT molecular complexity index is 250. The van der Waals surface area contributed by atoms with Gasteiger partial charge in [-0.3, -0.25) is 0 Å². The van der Waals surface area contributed by atoms with Crippen molar-refractivity contribution >= 4 is 0 Å². The number of aromatic nitrogens is 3. The Morgan fingerprint density at radius 2 is 2.18 bits per heavy atom. The fourth-order valence-corrected chi connectivity index (χ4v) is 0.769. The van der Waals surface area contributed by atoms with Crippen LogP contribution < -0.4 is 0 Å². The zero-order chi connectivity index (χ0) is 8.10. The van der Waals surface area contributed by atoms with Crippen LogP contribution in [0, 0.1) is 6.92 Å². The number of hydrogen-bond donors (Lipinski definition) is 0. The molecule has 0 amide bonds. The fourth-order valence-electron chi connectivity index (χ4n) is 0.769. The van der Waals surface area contributed by atoms with Crippen LogP contribution in [0.2, 0.25) is 0 Å². The highest BCUT2D eigenvalue weighted by Gasteiger charge is 1.76. The molecule has 0 aliphatic heterocycles. The molecular formula is C8H11N3. The molecule has 0 N–H and O–H groups in total. The van der Waals surface area contributed by atoms with Gasteiger partial charge >= 0.3 is 0 Å². The van der Waals surface area contributed by atoms with Crippen LogP contribution in [0.25, 0.3) is 0 Å². The molecule has 0 radical (unpaired) electrons. The maximum Gasteiger partial charge on any atom is 0.115 e. The Kier molecular flexibility index (Phi) is 2.60. The quantitative estimate of drug-likeness (QED) is 0.555. The summed E-state index contributed by atoms with van der Waals surface area (Å²) in [4.78, 5) is 7.84. The van der Waals surface area contributed by atoms with Crippen LogP contribution >= 0.6 is 0 Å². The Hall–Kier alpha value is -1.38. The van der Waals surface area contributed by atoms with Crippen molar-refractivity contribution in [2.24, 2.45) is 7.05 Å². The third-order valence-corrected chi connectivity index (χ3v) is 1.21. The molecule has 1 aromatic rings. The highest BCUT2D eigenvalue weighted by Crippen LogP contribution is 1.86. The van der Waals surface area contributed by atoms with Crippen LogP contribution in [0.15, 0.2) is 31.1 Å². The summed E-state index contributed by atoms with van der Waals surface area (Å²) >= 11 is 0. The van der Waals surface area contributed by atoms with Gasteiger partial charge in [-0.05, 0) is 12.5 Å². The summed E-state index contributed by atoms with van der Waals surface area (Å²) in [5.41, 5.74) is 1.10. The van der Waals surface area contributed by atoms with E-state index in [1.54, 1.807) is 12.4 Å². The van der Waals surface area contributed by atoms with Crippen LogP contribution in [0.3, 0.4) is 0 Å². The van der Waals surface area contributed by atoms with Gasteiger partial charge in [0.1, 0.15) is 6.33 Å². The van der Waals surface area contributed by atoms with E-state index in [9.17, 15) is 0 Å². The first kappa shape index (κ1) is 7.72. The second-order valence-electron chi connectivity index (χ2n) is 2.38. The van der Waals surface area contributed by atoms with Crippen molar-refractivity contribution in [2.75, 3.05) is 0 Å². The predicted octanol–water partition coefficient (Wildman–Crippen LogP) is 1.25. The lowest BCUT2D eigenvalue weighted by Crippen LogP contribution is -1.84. The molecule has 3 nitrogen and oxygen atoms in total. The Balaban J connectivity index is 3.25. The van der Waals surface area contributed by atoms with E-state index in [4.69, 9.17) is 0 Å². The van der Waals surface area contributed by atoms with Crippen molar-refractivity contribution in [1.29, 1.82) is 0 Å². The maximum atomic E-state index is 3.94. The van der Waals surface area contributed by atoms with E-state index in [0.29, 0.717) is 0 Å². The lowest BCUT2D eigenvalue weighted by atomic mass is 10.4. The summed E-state index contributed by atoms with van der Waals surface area (Å²) in [6, 6.07) is 0. The van der Waals surface area contributed by atoms with Crippen molar-refractivity contribution in [3.8, 4) is 0 Å². The van der Waals surface area contributed by atoms with Crippen molar-refractivity contribution in [3.63, 3.8) is 0 Å². The zero-order valence-electron chi connectivity index (χ0n) is 6.73. The van der Waals surface area contributed by atoms with Gasteiger partial charge in [0.25, 0.3) is 0 Å². The largest absolute Gasteiger partial charge is 0.355 e. The summed E-state index contributed by atoms with van der Waals surface area (Å²) in [5, 5.41) is 0. The summed E-state index contributed by atoms with van der Waals surface area (Å²) < 4.78 is 1.93. The van der Waals surface area contributed by atoms with E-state index >= 15 is 0 Å². The topological polar surface area (TPSA) is 30.7 Å². The average Bonchev–Trinajstić information content (AvgIpc) is 2.02. The van der Waals surface area contributed by atoms with E-state index < -0.39 is 0 Å². The molecule has 0 fully saturated rings. The molecular weight excluding hydrogens is 138 g/mol. The molecule has 0 aromatic carbocycles. The molecule has 0 atom stereocenters. The highest BCUT2D eigenvalue weighted by atomic mass is 14.9.